The zero-order chi connectivity index (χ0) is 20.6. The highest BCUT2D eigenvalue weighted by atomic mass is 32.2. The molecule has 0 spiro atoms. The predicted molar refractivity (Wildman–Crippen MR) is 105 cm³/mol. The van der Waals surface area contributed by atoms with E-state index in [1.807, 2.05) is 0 Å². The number of aromatic nitrogens is 6. The Balaban J connectivity index is 1.98. The molecule has 0 fully saturated rings. The molecule has 0 N–H and O–H groups in total. The molecule has 11 nitrogen and oxygen atoms in total. The molecule has 0 saturated carbocycles. The molecule has 0 aliphatic carbocycles. The van der Waals surface area contributed by atoms with Gasteiger partial charge in [-0.05, 0) is 4.92 Å². The number of hydrogen-bond donors (Lipinski definition) is 0. The number of nitro groups is 1. The minimum absolute atomic E-state index is 0.0750. The summed E-state index contributed by atoms with van der Waals surface area (Å²) in [6.07, 6.45) is 2.87. The molecule has 0 saturated heterocycles. The number of hydrogen-bond acceptors (Lipinski definition) is 7. The van der Waals surface area contributed by atoms with Gasteiger partial charge in [-0.3, -0.25) is 13.9 Å². The summed E-state index contributed by atoms with van der Waals surface area (Å²) in [6, 6.07) is 0. The molecule has 0 aliphatic rings. The monoisotopic (exact) mass is 405 g/mol. The van der Waals surface area contributed by atoms with Crippen LogP contribution in [0.4, 0.5) is 5.82 Å². The Bertz CT molecular complexity index is 1200. The summed E-state index contributed by atoms with van der Waals surface area (Å²) in [7, 11) is 2.98. The molecule has 28 heavy (non-hydrogen) atoms. The van der Waals surface area contributed by atoms with E-state index in [4.69, 9.17) is 0 Å². The smallest absolute Gasteiger partial charge is 0.342 e. The van der Waals surface area contributed by atoms with Crippen molar-refractivity contribution in [1.82, 2.24) is 28.2 Å². The largest absolute Gasteiger partial charge is 0.358 e. The Morgan fingerprint density at radius 3 is 2.64 bits per heavy atom. The normalized spacial score (nSPS) is 11.2. The van der Waals surface area contributed by atoms with E-state index in [1.165, 1.54) is 34.1 Å². The maximum absolute atomic E-state index is 12.6. The third kappa shape index (κ3) is 3.15. The van der Waals surface area contributed by atoms with E-state index in [-0.39, 0.29) is 5.82 Å². The zero-order valence-corrected chi connectivity index (χ0v) is 16.5. The van der Waals surface area contributed by atoms with E-state index in [2.05, 4.69) is 16.5 Å². The van der Waals surface area contributed by atoms with Crippen LogP contribution in [0.2, 0.25) is 0 Å². The lowest BCUT2D eigenvalue weighted by Gasteiger charge is -2.07. The molecule has 3 rings (SSSR count). The molecular formula is C16H19N7O4S. The number of imidazole rings is 2. The Morgan fingerprint density at radius 1 is 1.29 bits per heavy atom. The lowest BCUT2D eigenvalue weighted by Crippen LogP contribution is -2.37. The van der Waals surface area contributed by atoms with E-state index in [0.29, 0.717) is 41.0 Å². The number of thioether (sulfide) groups is 1. The fourth-order valence-electron chi connectivity index (χ4n) is 2.94. The molecule has 3 aromatic rings. The number of aryl methyl sites for hydroxylation is 2. The SMILES string of the molecule is C=CCn1c(SCCn2c([N+](=O)[O-])cnc2C)nc2c1c(=O)n(C)c(=O)n2C. The molecule has 12 heteroatoms. The Hall–Kier alpha value is -3.15. The van der Waals surface area contributed by atoms with Crippen LogP contribution in [0.5, 0.6) is 0 Å². The van der Waals surface area contributed by atoms with Crippen molar-refractivity contribution in [1.29, 1.82) is 0 Å². The first kappa shape index (κ1) is 19.6. The van der Waals surface area contributed by atoms with Crippen molar-refractivity contribution in [2.75, 3.05) is 5.75 Å². The van der Waals surface area contributed by atoms with Crippen LogP contribution < -0.4 is 11.2 Å². The van der Waals surface area contributed by atoms with E-state index in [1.54, 1.807) is 24.6 Å². The van der Waals surface area contributed by atoms with E-state index in [9.17, 15) is 19.7 Å². The van der Waals surface area contributed by atoms with Gasteiger partial charge >= 0.3 is 11.5 Å². The van der Waals surface area contributed by atoms with Crippen LogP contribution >= 0.6 is 11.8 Å². The van der Waals surface area contributed by atoms with Crippen molar-refractivity contribution in [3.63, 3.8) is 0 Å². The standard InChI is InChI=1S/C16H19N7O4S/c1-5-6-22-12-13(19(3)16(25)20(4)14(12)24)18-15(22)28-8-7-21-10(2)17-9-11(21)23(26)27/h5,9H,1,6-8H2,2-4H3. The van der Waals surface area contributed by atoms with E-state index < -0.39 is 16.2 Å². The molecule has 0 radical (unpaired) electrons. The van der Waals surface area contributed by atoms with Crippen LogP contribution in [0.1, 0.15) is 5.82 Å². The molecule has 0 amide bonds. The fraction of sp³-hybridized carbons (Fsp3) is 0.375. The topological polar surface area (TPSA) is 123 Å². The lowest BCUT2D eigenvalue weighted by atomic mass is 10.5. The van der Waals surface area contributed by atoms with Gasteiger partial charge in [-0.1, -0.05) is 17.8 Å². The second-order valence-electron chi connectivity index (χ2n) is 6.09. The molecule has 3 heterocycles. The summed E-state index contributed by atoms with van der Waals surface area (Å²) in [6.45, 7) is 6.11. The average Bonchev–Trinajstić information content (AvgIpc) is 3.20. The summed E-state index contributed by atoms with van der Waals surface area (Å²) in [4.78, 5) is 43.8. The summed E-state index contributed by atoms with van der Waals surface area (Å²) < 4.78 is 5.58. The Labute approximate surface area is 163 Å². The van der Waals surface area contributed by atoms with E-state index in [0.717, 1.165) is 4.57 Å². The van der Waals surface area contributed by atoms with Gasteiger partial charge in [0.05, 0.1) is 0 Å². The molecular weight excluding hydrogens is 386 g/mol. The van der Waals surface area contributed by atoms with Crippen molar-refractivity contribution >= 4 is 28.7 Å². The van der Waals surface area contributed by atoms with Crippen LogP contribution in [0, 0.1) is 17.0 Å². The quantitative estimate of drug-likeness (QED) is 0.247. The van der Waals surface area contributed by atoms with Gasteiger partial charge < -0.3 is 14.7 Å². The number of allylic oxidation sites excluding steroid dienone is 1. The van der Waals surface area contributed by atoms with Crippen LogP contribution in [-0.2, 0) is 27.2 Å². The van der Waals surface area contributed by atoms with Gasteiger partial charge in [0.15, 0.2) is 22.1 Å². The minimum Gasteiger partial charge on any atom is -0.358 e. The summed E-state index contributed by atoms with van der Waals surface area (Å²) in [5.74, 6) is 0.935. The first-order valence-corrected chi connectivity index (χ1v) is 9.33. The Kier molecular flexibility index (Phi) is 5.23. The van der Waals surface area contributed by atoms with Gasteiger partial charge in [-0.25, -0.2) is 19.3 Å². The number of rotatable bonds is 7. The predicted octanol–water partition coefficient (Wildman–Crippen LogP) is 0.825. The Morgan fingerprint density at radius 2 is 2.00 bits per heavy atom. The highest BCUT2D eigenvalue weighted by Crippen LogP contribution is 2.23. The fourth-order valence-corrected chi connectivity index (χ4v) is 3.87. The average molecular weight is 405 g/mol. The van der Waals surface area contributed by atoms with Crippen molar-refractivity contribution in [3.05, 3.63) is 55.6 Å². The first-order chi connectivity index (χ1) is 13.3. The molecule has 0 unspecified atom stereocenters. The number of nitrogens with zero attached hydrogens (tertiary/aromatic N) is 7. The highest BCUT2D eigenvalue weighted by Gasteiger charge is 2.20. The molecule has 3 aromatic heterocycles. The van der Waals surface area contributed by atoms with Gasteiger partial charge in [-0.2, -0.15) is 0 Å². The molecule has 0 atom stereocenters. The lowest BCUT2D eigenvalue weighted by molar-refractivity contribution is -0.392. The van der Waals surface area contributed by atoms with Crippen LogP contribution in [0.3, 0.4) is 0 Å². The van der Waals surface area contributed by atoms with Gasteiger partial charge in [0, 0.05) is 33.3 Å². The van der Waals surface area contributed by atoms with Crippen molar-refractivity contribution in [2.24, 2.45) is 14.1 Å². The van der Waals surface area contributed by atoms with Crippen LogP contribution in [0.15, 0.2) is 33.6 Å². The first-order valence-electron chi connectivity index (χ1n) is 8.34. The van der Waals surface area contributed by atoms with E-state index >= 15 is 0 Å². The number of fused-ring (bicyclic) bond motifs is 1. The van der Waals surface area contributed by atoms with Crippen LogP contribution in [-0.4, -0.2) is 38.9 Å². The molecule has 148 valence electrons. The van der Waals surface area contributed by atoms with Gasteiger partial charge in [-0.15, -0.1) is 6.58 Å². The summed E-state index contributed by atoms with van der Waals surface area (Å²) in [5.41, 5.74) is -0.276. The summed E-state index contributed by atoms with van der Waals surface area (Å²) in [5, 5.41) is 11.6. The summed E-state index contributed by atoms with van der Waals surface area (Å²) >= 11 is 1.34. The second-order valence-corrected chi connectivity index (χ2v) is 7.15. The highest BCUT2D eigenvalue weighted by molar-refractivity contribution is 7.99. The molecule has 0 aromatic carbocycles. The zero-order valence-electron chi connectivity index (χ0n) is 15.7. The van der Waals surface area contributed by atoms with Crippen molar-refractivity contribution < 1.29 is 4.92 Å². The van der Waals surface area contributed by atoms with Gasteiger partial charge in [0.25, 0.3) is 5.56 Å². The second kappa shape index (κ2) is 7.46. The maximum atomic E-state index is 12.6. The van der Waals surface area contributed by atoms with Crippen LogP contribution in [0.25, 0.3) is 11.2 Å². The minimum atomic E-state index is -0.475. The maximum Gasteiger partial charge on any atom is 0.342 e. The molecule has 0 aliphatic heterocycles. The third-order valence-corrected chi connectivity index (χ3v) is 5.35. The molecule has 0 bridgehead atoms. The third-order valence-electron chi connectivity index (χ3n) is 4.39. The van der Waals surface area contributed by atoms with Crippen molar-refractivity contribution in [3.8, 4) is 0 Å². The van der Waals surface area contributed by atoms with Gasteiger partial charge in [0.2, 0.25) is 0 Å². The van der Waals surface area contributed by atoms with Crippen molar-refractivity contribution in [2.45, 2.75) is 25.2 Å². The van der Waals surface area contributed by atoms with Gasteiger partial charge in [0.1, 0.15) is 12.7 Å².